The van der Waals surface area contributed by atoms with Crippen LogP contribution in [0.5, 0.6) is 0 Å². The van der Waals surface area contributed by atoms with Crippen LogP contribution in [-0.4, -0.2) is 5.91 Å². The second kappa shape index (κ2) is 6.02. The normalized spacial score (nSPS) is 11.9. The number of benzene rings is 2. The number of hydrogen-bond acceptors (Lipinski definition) is 1. The summed E-state index contributed by atoms with van der Waals surface area (Å²) in [6.45, 7) is 3.96. The summed E-state index contributed by atoms with van der Waals surface area (Å²) in [5.74, 6) is -0.0425. The molecule has 0 aliphatic carbocycles. The summed E-state index contributed by atoms with van der Waals surface area (Å²) in [5.41, 5.74) is 2.87. The van der Waals surface area contributed by atoms with Crippen LogP contribution in [0.2, 0.25) is 0 Å². The fraction of sp³-hybridized carbons (Fsp3) is 0.188. The molecule has 2 rings (SSSR count). The van der Waals surface area contributed by atoms with Gasteiger partial charge in [0.2, 0.25) is 0 Å². The first kappa shape index (κ1) is 13.8. The van der Waals surface area contributed by atoms with E-state index in [1.54, 1.807) is 0 Å². The SMILES string of the molecule is Cc1cccc(C(=O)N[C@@H](C)c2ccc(Br)cc2)c1. The van der Waals surface area contributed by atoms with Crippen LogP contribution >= 0.6 is 15.9 Å². The van der Waals surface area contributed by atoms with Crippen LogP contribution in [0, 0.1) is 6.92 Å². The zero-order chi connectivity index (χ0) is 13.8. The molecule has 2 nitrogen and oxygen atoms in total. The number of rotatable bonds is 3. The van der Waals surface area contributed by atoms with Gasteiger partial charge in [-0.05, 0) is 43.7 Å². The minimum atomic E-state index is -0.0425. The first-order valence-electron chi connectivity index (χ1n) is 6.19. The monoisotopic (exact) mass is 317 g/mol. The van der Waals surface area contributed by atoms with Crippen molar-refractivity contribution in [3.05, 3.63) is 69.7 Å². The zero-order valence-electron chi connectivity index (χ0n) is 11.0. The van der Waals surface area contributed by atoms with Crippen LogP contribution in [0.15, 0.2) is 53.0 Å². The molecule has 0 fully saturated rings. The highest BCUT2D eigenvalue weighted by Gasteiger charge is 2.11. The molecule has 0 radical (unpaired) electrons. The van der Waals surface area contributed by atoms with E-state index in [1.165, 1.54) is 0 Å². The van der Waals surface area contributed by atoms with Crippen molar-refractivity contribution in [1.82, 2.24) is 5.32 Å². The van der Waals surface area contributed by atoms with Crippen molar-refractivity contribution in [2.45, 2.75) is 19.9 Å². The maximum absolute atomic E-state index is 12.1. The Balaban J connectivity index is 2.08. The lowest BCUT2D eigenvalue weighted by Gasteiger charge is -2.14. The minimum Gasteiger partial charge on any atom is -0.346 e. The Kier molecular flexibility index (Phi) is 4.38. The van der Waals surface area contributed by atoms with E-state index in [0.717, 1.165) is 15.6 Å². The number of hydrogen-bond donors (Lipinski definition) is 1. The predicted molar refractivity (Wildman–Crippen MR) is 81.2 cm³/mol. The summed E-state index contributed by atoms with van der Waals surface area (Å²) >= 11 is 3.40. The molecule has 98 valence electrons. The summed E-state index contributed by atoms with van der Waals surface area (Å²) < 4.78 is 1.04. The molecule has 0 saturated carbocycles. The Morgan fingerprint density at radius 3 is 2.47 bits per heavy atom. The van der Waals surface area contributed by atoms with Crippen LogP contribution < -0.4 is 5.32 Å². The van der Waals surface area contributed by atoms with Crippen molar-refractivity contribution in [1.29, 1.82) is 0 Å². The average molecular weight is 318 g/mol. The summed E-state index contributed by atoms with van der Waals surface area (Å²) in [6.07, 6.45) is 0. The smallest absolute Gasteiger partial charge is 0.251 e. The Hall–Kier alpha value is -1.61. The van der Waals surface area contributed by atoms with Gasteiger partial charge in [-0.15, -0.1) is 0 Å². The minimum absolute atomic E-state index is 0.0129. The van der Waals surface area contributed by atoms with E-state index in [4.69, 9.17) is 0 Å². The summed E-state index contributed by atoms with van der Waals surface area (Å²) in [6, 6.07) is 15.6. The lowest BCUT2D eigenvalue weighted by molar-refractivity contribution is 0.0940. The lowest BCUT2D eigenvalue weighted by Crippen LogP contribution is -2.26. The van der Waals surface area contributed by atoms with Crippen molar-refractivity contribution in [3.63, 3.8) is 0 Å². The molecular formula is C16H16BrNO. The summed E-state index contributed by atoms with van der Waals surface area (Å²) in [7, 11) is 0. The molecule has 0 aromatic heterocycles. The quantitative estimate of drug-likeness (QED) is 0.901. The molecule has 2 aromatic rings. The summed E-state index contributed by atoms with van der Waals surface area (Å²) in [4.78, 5) is 12.1. The highest BCUT2D eigenvalue weighted by Crippen LogP contribution is 2.17. The van der Waals surface area contributed by atoms with Gasteiger partial charge in [0.1, 0.15) is 0 Å². The number of carbonyl (C=O) groups excluding carboxylic acids is 1. The first-order valence-corrected chi connectivity index (χ1v) is 6.98. The van der Waals surface area contributed by atoms with Gasteiger partial charge in [0, 0.05) is 10.0 Å². The van der Waals surface area contributed by atoms with Gasteiger partial charge in [-0.1, -0.05) is 45.8 Å². The molecule has 0 saturated heterocycles. The molecule has 0 spiro atoms. The van der Waals surface area contributed by atoms with E-state index in [9.17, 15) is 4.79 Å². The van der Waals surface area contributed by atoms with E-state index in [-0.39, 0.29) is 11.9 Å². The maximum Gasteiger partial charge on any atom is 0.251 e. The van der Waals surface area contributed by atoms with Gasteiger partial charge in [0.25, 0.3) is 5.91 Å². The molecular weight excluding hydrogens is 302 g/mol. The Morgan fingerprint density at radius 2 is 1.84 bits per heavy atom. The third kappa shape index (κ3) is 3.67. The first-order chi connectivity index (χ1) is 9.06. The maximum atomic E-state index is 12.1. The second-order valence-corrected chi connectivity index (χ2v) is 5.53. The molecule has 0 unspecified atom stereocenters. The standard InChI is InChI=1S/C16H16BrNO/c1-11-4-3-5-14(10-11)16(19)18-12(2)13-6-8-15(17)9-7-13/h3-10,12H,1-2H3,(H,18,19)/t12-/m0/s1. The summed E-state index contributed by atoms with van der Waals surface area (Å²) in [5, 5.41) is 3.00. The fourth-order valence-electron chi connectivity index (χ4n) is 1.90. The van der Waals surface area contributed by atoms with Crippen molar-refractivity contribution in [2.75, 3.05) is 0 Å². The van der Waals surface area contributed by atoms with E-state index in [0.29, 0.717) is 5.56 Å². The van der Waals surface area contributed by atoms with Gasteiger partial charge < -0.3 is 5.32 Å². The van der Waals surface area contributed by atoms with Crippen LogP contribution in [-0.2, 0) is 0 Å². The number of aryl methyl sites for hydroxylation is 1. The molecule has 19 heavy (non-hydrogen) atoms. The Morgan fingerprint density at radius 1 is 1.16 bits per heavy atom. The molecule has 0 heterocycles. The molecule has 0 aliphatic heterocycles. The lowest BCUT2D eigenvalue weighted by atomic mass is 10.1. The zero-order valence-corrected chi connectivity index (χ0v) is 12.6. The highest BCUT2D eigenvalue weighted by atomic mass is 79.9. The third-order valence-electron chi connectivity index (χ3n) is 3.00. The van der Waals surface area contributed by atoms with Crippen LogP contribution in [0.4, 0.5) is 0 Å². The molecule has 0 aliphatic rings. The molecule has 2 aromatic carbocycles. The van der Waals surface area contributed by atoms with Crippen molar-refractivity contribution in [3.8, 4) is 0 Å². The third-order valence-corrected chi connectivity index (χ3v) is 3.53. The number of carbonyl (C=O) groups is 1. The fourth-order valence-corrected chi connectivity index (χ4v) is 2.17. The van der Waals surface area contributed by atoms with Crippen molar-refractivity contribution in [2.24, 2.45) is 0 Å². The molecule has 3 heteroatoms. The predicted octanol–water partition coefficient (Wildman–Crippen LogP) is 4.25. The van der Waals surface area contributed by atoms with Crippen LogP contribution in [0.3, 0.4) is 0 Å². The van der Waals surface area contributed by atoms with E-state index >= 15 is 0 Å². The molecule has 1 atom stereocenters. The van der Waals surface area contributed by atoms with Gasteiger partial charge >= 0.3 is 0 Å². The number of amides is 1. The van der Waals surface area contributed by atoms with E-state index in [2.05, 4.69) is 21.2 Å². The number of halogens is 1. The van der Waals surface area contributed by atoms with Crippen LogP contribution in [0.25, 0.3) is 0 Å². The van der Waals surface area contributed by atoms with Gasteiger partial charge in [-0.2, -0.15) is 0 Å². The largest absolute Gasteiger partial charge is 0.346 e. The van der Waals surface area contributed by atoms with Gasteiger partial charge in [0.05, 0.1) is 6.04 Å². The van der Waals surface area contributed by atoms with E-state index < -0.39 is 0 Å². The second-order valence-electron chi connectivity index (χ2n) is 4.62. The van der Waals surface area contributed by atoms with Gasteiger partial charge in [-0.3, -0.25) is 4.79 Å². The topological polar surface area (TPSA) is 29.1 Å². The van der Waals surface area contributed by atoms with Gasteiger partial charge in [-0.25, -0.2) is 0 Å². The molecule has 1 N–H and O–H groups in total. The highest BCUT2D eigenvalue weighted by molar-refractivity contribution is 9.10. The Labute approximate surface area is 122 Å². The van der Waals surface area contributed by atoms with Crippen molar-refractivity contribution >= 4 is 21.8 Å². The Bertz CT molecular complexity index is 578. The number of nitrogens with one attached hydrogen (secondary N) is 1. The molecule has 1 amide bonds. The van der Waals surface area contributed by atoms with Crippen LogP contribution in [0.1, 0.15) is 34.5 Å². The molecule has 0 bridgehead atoms. The average Bonchev–Trinajstić information content (AvgIpc) is 2.39. The van der Waals surface area contributed by atoms with Crippen molar-refractivity contribution < 1.29 is 4.79 Å². The van der Waals surface area contributed by atoms with E-state index in [1.807, 2.05) is 62.4 Å². The van der Waals surface area contributed by atoms with Gasteiger partial charge in [0.15, 0.2) is 0 Å².